The lowest BCUT2D eigenvalue weighted by atomic mass is 9.83. The highest BCUT2D eigenvalue weighted by Crippen LogP contribution is 2.28. The topological polar surface area (TPSA) is 37.4 Å². The van der Waals surface area contributed by atoms with Crippen molar-refractivity contribution < 1.29 is 8.42 Å². The Labute approximate surface area is 75.6 Å². The van der Waals surface area contributed by atoms with Crippen LogP contribution in [-0.2, 0) is 10.0 Å². The molecule has 0 N–H and O–H groups in total. The quantitative estimate of drug-likeness (QED) is 0.556. The van der Waals surface area contributed by atoms with E-state index in [1.54, 1.807) is 20.8 Å². The van der Waals surface area contributed by atoms with Gasteiger partial charge in [0.05, 0.1) is 12.6 Å². The van der Waals surface area contributed by atoms with Crippen LogP contribution in [0.3, 0.4) is 0 Å². The highest BCUT2D eigenvalue weighted by atomic mass is 32.2. The minimum Gasteiger partial charge on any atom is -0.212 e. The SMILES string of the molecule is [B]C1CN(S(=O)(=O)C(C)(C)C)C1. The molecule has 0 aromatic heterocycles. The standard InChI is InChI=1S/C7H14BNO2S/c1-7(2,3)12(10,11)9-4-6(8)5-9/h6H,4-5H2,1-3H3. The van der Waals surface area contributed by atoms with Crippen LogP contribution in [-0.4, -0.2) is 38.4 Å². The van der Waals surface area contributed by atoms with Crippen LogP contribution in [0.1, 0.15) is 20.8 Å². The zero-order valence-electron chi connectivity index (χ0n) is 7.74. The van der Waals surface area contributed by atoms with Crippen molar-refractivity contribution in [3.8, 4) is 0 Å². The first-order chi connectivity index (χ1) is 5.25. The molecule has 0 aromatic rings. The Balaban J connectivity index is 2.75. The Bertz CT molecular complexity index is 262. The third kappa shape index (κ3) is 1.52. The van der Waals surface area contributed by atoms with Gasteiger partial charge in [-0.15, -0.1) is 0 Å². The molecular weight excluding hydrogens is 173 g/mol. The summed E-state index contributed by atoms with van der Waals surface area (Å²) in [4.78, 5) is 0. The first-order valence-electron chi connectivity index (χ1n) is 4.00. The van der Waals surface area contributed by atoms with Gasteiger partial charge in [-0.2, -0.15) is 0 Å². The molecular formula is C7H14BNO2S. The second-order valence-corrected chi connectivity index (χ2v) is 6.89. The molecule has 1 aliphatic heterocycles. The van der Waals surface area contributed by atoms with Gasteiger partial charge in [0.1, 0.15) is 0 Å². The number of hydrogen-bond acceptors (Lipinski definition) is 2. The molecule has 0 atom stereocenters. The van der Waals surface area contributed by atoms with E-state index in [0.717, 1.165) is 0 Å². The van der Waals surface area contributed by atoms with Crippen molar-refractivity contribution in [2.75, 3.05) is 13.1 Å². The van der Waals surface area contributed by atoms with Crippen molar-refractivity contribution >= 4 is 17.9 Å². The van der Waals surface area contributed by atoms with Gasteiger partial charge in [0.15, 0.2) is 0 Å². The number of hydrogen-bond donors (Lipinski definition) is 0. The second-order valence-electron chi connectivity index (χ2n) is 4.19. The maximum atomic E-state index is 11.7. The van der Waals surface area contributed by atoms with Gasteiger partial charge >= 0.3 is 0 Å². The minimum atomic E-state index is -3.12. The maximum absolute atomic E-state index is 11.7. The zero-order chi connectivity index (χ0) is 9.57. The molecule has 0 aliphatic carbocycles. The fraction of sp³-hybridized carbons (Fsp3) is 1.00. The van der Waals surface area contributed by atoms with Crippen molar-refractivity contribution in [1.29, 1.82) is 0 Å². The van der Waals surface area contributed by atoms with E-state index in [2.05, 4.69) is 0 Å². The van der Waals surface area contributed by atoms with Gasteiger partial charge in [-0.25, -0.2) is 12.7 Å². The van der Waals surface area contributed by atoms with Crippen LogP contribution in [0.25, 0.3) is 0 Å². The lowest BCUT2D eigenvalue weighted by molar-refractivity contribution is 0.301. The number of nitrogens with zero attached hydrogens (tertiary/aromatic N) is 1. The van der Waals surface area contributed by atoms with Gasteiger partial charge in [0, 0.05) is 13.1 Å². The predicted octanol–water partition coefficient (Wildman–Crippen LogP) is 0.387. The summed E-state index contributed by atoms with van der Waals surface area (Å²) < 4.78 is 24.0. The Kier molecular flexibility index (Phi) is 2.29. The highest BCUT2D eigenvalue weighted by molar-refractivity contribution is 7.90. The monoisotopic (exact) mass is 187 g/mol. The molecule has 1 aliphatic rings. The van der Waals surface area contributed by atoms with Crippen molar-refractivity contribution in [3.05, 3.63) is 0 Å². The van der Waals surface area contributed by atoms with Gasteiger partial charge < -0.3 is 0 Å². The van der Waals surface area contributed by atoms with Crippen molar-refractivity contribution in [2.24, 2.45) is 0 Å². The average molecular weight is 187 g/mol. The lowest BCUT2D eigenvalue weighted by Crippen LogP contribution is -2.52. The van der Waals surface area contributed by atoms with Gasteiger partial charge in [0.25, 0.3) is 0 Å². The molecule has 68 valence electrons. The molecule has 1 heterocycles. The van der Waals surface area contributed by atoms with E-state index in [1.807, 2.05) is 0 Å². The normalized spacial score (nSPS) is 22.2. The molecule has 0 saturated carbocycles. The second kappa shape index (κ2) is 2.74. The first-order valence-corrected chi connectivity index (χ1v) is 5.44. The number of rotatable bonds is 1. The van der Waals surface area contributed by atoms with Crippen LogP contribution in [0, 0.1) is 0 Å². The van der Waals surface area contributed by atoms with Crippen LogP contribution in [0.5, 0.6) is 0 Å². The van der Waals surface area contributed by atoms with E-state index in [0.29, 0.717) is 13.1 Å². The van der Waals surface area contributed by atoms with E-state index in [1.165, 1.54) is 4.31 Å². The fourth-order valence-electron chi connectivity index (χ4n) is 1.05. The van der Waals surface area contributed by atoms with Gasteiger partial charge in [-0.05, 0) is 20.8 Å². The maximum Gasteiger partial charge on any atom is 0.219 e. The summed E-state index contributed by atoms with van der Waals surface area (Å²) in [6.07, 6.45) is 0. The van der Waals surface area contributed by atoms with E-state index in [9.17, 15) is 8.42 Å². The van der Waals surface area contributed by atoms with Crippen LogP contribution >= 0.6 is 0 Å². The number of sulfonamides is 1. The molecule has 0 aromatic carbocycles. The molecule has 0 bridgehead atoms. The molecule has 1 fully saturated rings. The summed E-state index contributed by atoms with van der Waals surface area (Å²) in [5.74, 6) is 0.0297. The van der Waals surface area contributed by atoms with Gasteiger partial charge in [-0.3, -0.25) is 0 Å². The summed E-state index contributed by atoms with van der Waals surface area (Å²) in [6, 6.07) is 0. The predicted molar refractivity (Wildman–Crippen MR) is 49.7 cm³/mol. The van der Waals surface area contributed by atoms with E-state index < -0.39 is 14.8 Å². The molecule has 3 nitrogen and oxygen atoms in total. The van der Waals surface area contributed by atoms with Crippen LogP contribution in [0.2, 0.25) is 5.82 Å². The molecule has 0 spiro atoms. The molecule has 12 heavy (non-hydrogen) atoms. The fourth-order valence-corrected chi connectivity index (χ4v) is 2.60. The third-order valence-corrected chi connectivity index (χ3v) is 4.52. The summed E-state index contributed by atoms with van der Waals surface area (Å²) in [5.41, 5.74) is 0. The molecule has 5 heteroatoms. The Hall–Kier alpha value is -0.0251. The third-order valence-electron chi connectivity index (χ3n) is 1.99. The van der Waals surface area contributed by atoms with Crippen LogP contribution < -0.4 is 0 Å². The highest BCUT2D eigenvalue weighted by Gasteiger charge is 2.40. The van der Waals surface area contributed by atoms with Gasteiger partial charge in [-0.1, -0.05) is 5.82 Å². The van der Waals surface area contributed by atoms with E-state index >= 15 is 0 Å². The smallest absolute Gasteiger partial charge is 0.212 e. The molecule has 0 unspecified atom stereocenters. The largest absolute Gasteiger partial charge is 0.219 e. The molecule has 2 radical (unpaired) electrons. The molecule has 1 rings (SSSR count). The van der Waals surface area contributed by atoms with E-state index in [-0.39, 0.29) is 5.82 Å². The van der Waals surface area contributed by atoms with Gasteiger partial charge in [0.2, 0.25) is 10.0 Å². The molecule has 1 saturated heterocycles. The Morgan fingerprint density at radius 1 is 1.33 bits per heavy atom. The zero-order valence-corrected chi connectivity index (χ0v) is 8.56. The van der Waals surface area contributed by atoms with Crippen molar-refractivity contribution in [2.45, 2.75) is 31.3 Å². The summed E-state index contributed by atoms with van der Waals surface area (Å²) in [6.45, 7) is 6.05. The summed E-state index contributed by atoms with van der Waals surface area (Å²) in [7, 11) is 2.38. The van der Waals surface area contributed by atoms with Crippen molar-refractivity contribution in [1.82, 2.24) is 4.31 Å². The summed E-state index contributed by atoms with van der Waals surface area (Å²) >= 11 is 0. The first kappa shape index (κ1) is 10.1. The van der Waals surface area contributed by atoms with Crippen LogP contribution in [0.15, 0.2) is 0 Å². The van der Waals surface area contributed by atoms with Crippen LogP contribution in [0.4, 0.5) is 0 Å². The molecule has 0 amide bonds. The minimum absolute atomic E-state index is 0.0297. The Morgan fingerprint density at radius 2 is 1.75 bits per heavy atom. The Morgan fingerprint density at radius 3 is 2.00 bits per heavy atom. The van der Waals surface area contributed by atoms with Crippen molar-refractivity contribution in [3.63, 3.8) is 0 Å². The lowest BCUT2D eigenvalue weighted by Gasteiger charge is -2.40. The average Bonchev–Trinajstić information content (AvgIpc) is 1.78. The van der Waals surface area contributed by atoms with E-state index in [4.69, 9.17) is 7.85 Å². The summed E-state index contributed by atoms with van der Waals surface area (Å²) in [5, 5.41) is 0.